The number of carbonyl (C=O) groups excluding carboxylic acids is 3. The van der Waals surface area contributed by atoms with Crippen LogP contribution in [0.4, 0.5) is 0 Å². The molecule has 0 radical (unpaired) electrons. The van der Waals surface area contributed by atoms with E-state index >= 15 is 0 Å². The van der Waals surface area contributed by atoms with E-state index in [2.05, 4.69) is 74.9 Å². The monoisotopic (exact) mass is 717 g/mol. The maximum atomic E-state index is 13.5. The average Bonchev–Trinajstić information content (AvgIpc) is 3.59. The van der Waals surface area contributed by atoms with Gasteiger partial charge in [-0.05, 0) is 119 Å². The smallest absolute Gasteiger partial charge is 0.306 e. The molecule has 258 valence electrons. The van der Waals surface area contributed by atoms with Gasteiger partial charge in [-0.3, -0.25) is 14.4 Å². The summed E-state index contributed by atoms with van der Waals surface area (Å²) in [6, 6.07) is 4.22. The Bertz CT molecular complexity index is 1230. The van der Waals surface area contributed by atoms with Crippen molar-refractivity contribution in [2.75, 3.05) is 0 Å². The van der Waals surface area contributed by atoms with Crippen molar-refractivity contribution >= 4 is 44.9 Å². The minimum Gasteiger partial charge on any atom is -0.462 e. The molecule has 1 amide bonds. The zero-order valence-electron chi connectivity index (χ0n) is 29.4. The second-order valence-corrected chi connectivity index (χ2v) is 19.0. The highest BCUT2D eigenvalue weighted by Gasteiger charge is 2.64. The number of hydrogen-bond donors (Lipinski definition) is 1. The first-order valence-corrected chi connectivity index (χ1v) is 20.2. The fraction of sp³-hybridized carbons (Fsp3) is 0.821. The number of rotatable bonds is 13. The van der Waals surface area contributed by atoms with E-state index in [4.69, 9.17) is 4.74 Å². The van der Waals surface area contributed by atoms with Crippen molar-refractivity contribution in [2.24, 2.45) is 52.3 Å². The summed E-state index contributed by atoms with van der Waals surface area (Å²) >= 11 is 5.29. The molecule has 1 aromatic rings. The van der Waals surface area contributed by atoms with Gasteiger partial charge in [0, 0.05) is 36.5 Å². The molecule has 7 heteroatoms. The van der Waals surface area contributed by atoms with Gasteiger partial charge in [0.05, 0.1) is 9.83 Å². The number of thiophene rings is 1. The average molecular weight is 719 g/mol. The lowest BCUT2D eigenvalue weighted by Gasteiger charge is -2.62. The van der Waals surface area contributed by atoms with Crippen LogP contribution in [0, 0.1) is 52.3 Å². The normalized spacial score (nSPS) is 35.2. The maximum absolute atomic E-state index is 13.5. The van der Waals surface area contributed by atoms with Gasteiger partial charge in [-0.2, -0.15) is 0 Å². The van der Waals surface area contributed by atoms with E-state index in [1.165, 1.54) is 30.6 Å². The van der Waals surface area contributed by atoms with Crippen molar-refractivity contribution in [3.05, 3.63) is 20.8 Å². The van der Waals surface area contributed by atoms with Crippen LogP contribution in [0.25, 0.3) is 0 Å². The number of halogens is 1. The predicted octanol–water partition coefficient (Wildman–Crippen LogP) is 10.5. The summed E-state index contributed by atoms with van der Waals surface area (Å²) in [6.07, 6.45) is 14.4. The van der Waals surface area contributed by atoms with Gasteiger partial charge in [0.25, 0.3) is 0 Å². The lowest BCUT2D eigenvalue weighted by atomic mass is 9.43. The fourth-order valence-corrected chi connectivity index (χ4v) is 12.6. The summed E-state index contributed by atoms with van der Waals surface area (Å²) in [5.41, 5.74) is 0.282. The highest BCUT2D eigenvalue weighted by atomic mass is 79.9. The van der Waals surface area contributed by atoms with Crippen LogP contribution in [-0.2, 0) is 19.1 Å². The molecule has 1 N–H and O–H groups in total. The molecule has 1 heterocycles. The number of esters is 1. The van der Waals surface area contributed by atoms with Crippen LogP contribution in [-0.4, -0.2) is 23.8 Å². The molecule has 0 aliphatic heterocycles. The topological polar surface area (TPSA) is 72.5 Å². The van der Waals surface area contributed by atoms with E-state index in [-0.39, 0.29) is 40.8 Å². The van der Waals surface area contributed by atoms with Crippen molar-refractivity contribution in [1.82, 2.24) is 5.32 Å². The van der Waals surface area contributed by atoms with Gasteiger partial charge >= 0.3 is 5.97 Å². The third-order valence-corrected chi connectivity index (χ3v) is 15.1. The van der Waals surface area contributed by atoms with E-state index in [0.717, 1.165) is 48.7 Å². The minimum atomic E-state index is -0.0870. The summed E-state index contributed by atoms with van der Waals surface area (Å²) < 4.78 is 7.60. The molecule has 46 heavy (non-hydrogen) atoms. The predicted molar refractivity (Wildman–Crippen MR) is 190 cm³/mol. The molecule has 4 aliphatic rings. The Hall–Kier alpha value is -1.21. The van der Waals surface area contributed by atoms with Crippen LogP contribution >= 0.6 is 27.3 Å². The molecule has 4 aliphatic carbocycles. The first kappa shape index (κ1) is 36.1. The Balaban J connectivity index is 1.30. The molecule has 1 aromatic heterocycles. The molecule has 0 bridgehead atoms. The first-order chi connectivity index (χ1) is 21.9. The van der Waals surface area contributed by atoms with E-state index in [1.54, 1.807) is 11.3 Å². The zero-order chi connectivity index (χ0) is 33.2. The second-order valence-electron chi connectivity index (χ2n) is 16.5. The molecule has 4 saturated carbocycles. The van der Waals surface area contributed by atoms with Crippen LogP contribution in [0.15, 0.2) is 15.9 Å². The summed E-state index contributed by atoms with van der Waals surface area (Å²) in [4.78, 5) is 40.7. The van der Waals surface area contributed by atoms with Gasteiger partial charge in [-0.25, -0.2) is 0 Å². The molecular formula is C39H60BrNO4S. The summed E-state index contributed by atoms with van der Waals surface area (Å²) in [6.45, 7) is 13.8. The quantitative estimate of drug-likeness (QED) is 0.163. The van der Waals surface area contributed by atoms with Crippen LogP contribution in [0.3, 0.4) is 0 Å². The van der Waals surface area contributed by atoms with Gasteiger partial charge in [0.2, 0.25) is 5.91 Å². The number of amides is 1. The van der Waals surface area contributed by atoms with Crippen molar-refractivity contribution in [2.45, 2.75) is 150 Å². The van der Waals surface area contributed by atoms with Crippen LogP contribution in [0.1, 0.15) is 149 Å². The largest absolute Gasteiger partial charge is 0.462 e. The van der Waals surface area contributed by atoms with Gasteiger partial charge in [0.1, 0.15) is 11.9 Å². The number of carbonyl (C=O) groups is 3. The third-order valence-electron chi connectivity index (χ3n) is 13.4. The molecule has 10 atom stereocenters. The molecule has 4 fully saturated rings. The number of hydrogen-bond acceptors (Lipinski definition) is 5. The summed E-state index contributed by atoms with van der Waals surface area (Å²) in [5, 5.41) is 3.39. The Morgan fingerprint density at radius 2 is 1.76 bits per heavy atom. The van der Waals surface area contributed by atoms with E-state index in [9.17, 15) is 14.4 Å². The third kappa shape index (κ3) is 7.50. The molecule has 0 unspecified atom stereocenters. The molecule has 5 rings (SSSR count). The number of fused-ring (bicyclic) bond motifs is 5. The van der Waals surface area contributed by atoms with Crippen molar-refractivity contribution in [3.8, 4) is 0 Å². The maximum Gasteiger partial charge on any atom is 0.306 e. The van der Waals surface area contributed by atoms with Crippen molar-refractivity contribution in [3.63, 3.8) is 0 Å². The molecule has 0 aromatic carbocycles. The van der Waals surface area contributed by atoms with E-state index < -0.39 is 0 Å². The number of unbranched alkanes of at least 4 members (excludes halogenated alkanes) is 4. The van der Waals surface area contributed by atoms with Crippen LogP contribution in [0.5, 0.6) is 0 Å². The van der Waals surface area contributed by atoms with Crippen LogP contribution < -0.4 is 5.32 Å². The lowest BCUT2D eigenvalue weighted by molar-refractivity contribution is -0.191. The van der Waals surface area contributed by atoms with E-state index in [0.29, 0.717) is 67.0 Å². The first-order valence-electron chi connectivity index (χ1n) is 18.6. The van der Waals surface area contributed by atoms with Gasteiger partial charge in [0.15, 0.2) is 0 Å². The molecular weight excluding hydrogens is 658 g/mol. The highest BCUT2D eigenvalue weighted by Crippen LogP contribution is 2.68. The molecule has 5 nitrogen and oxygen atoms in total. The fourth-order valence-electron chi connectivity index (χ4n) is 10.9. The van der Waals surface area contributed by atoms with E-state index in [1.807, 2.05) is 0 Å². The second kappa shape index (κ2) is 15.1. The lowest BCUT2D eigenvalue weighted by Crippen LogP contribution is -2.59. The standard InChI is InChI=1S/C39H60BrNO4S/c1-7-8-9-10-11-12-35(44)45-31-23-26-22-27(42)17-19-38(26,5)30-18-20-39(6)28(13-14-29(39)36(30)31)25(4)21-34(43)41-37(24(2)3)32-15-16-33(40)46-32/h15-16,24-26,28-31,36-37H,7-14,17-23H2,1-6H3,(H,41,43)/t25-,26+,28-,29+,30+,31-,36+,37-,38+,39-/m1/s1. The van der Waals surface area contributed by atoms with Gasteiger partial charge in [-0.1, -0.05) is 67.2 Å². The molecule has 0 saturated heterocycles. The number of Topliss-reactive ketones (excluding diaryl/α,β-unsaturated/α-hetero) is 1. The van der Waals surface area contributed by atoms with Crippen molar-refractivity contribution < 1.29 is 19.1 Å². The highest BCUT2D eigenvalue weighted by molar-refractivity contribution is 9.11. The summed E-state index contributed by atoms with van der Waals surface area (Å²) in [7, 11) is 0. The SMILES string of the molecule is CCCCCCCC(=O)O[C@@H]1C[C@@H]2CC(=O)CC[C@]2(C)[C@H]2CC[C@]3(C)[C@@H]([C@H](C)CC(=O)N[C@@H](c4ccc(Br)s4)C(C)C)CC[C@H]3[C@H]12. The Morgan fingerprint density at radius 1 is 1.02 bits per heavy atom. The Morgan fingerprint density at radius 3 is 2.46 bits per heavy atom. The number of nitrogens with one attached hydrogen (secondary N) is 1. The van der Waals surface area contributed by atoms with Crippen LogP contribution in [0.2, 0.25) is 0 Å². The van der Waals surface area contributed by atoms with Crippen molar-refractivity contribution in [1.29, 1.82) is 0 Å². The minimum absolute atomic E-state index is 0.0266. The Labute approximate surface area is 291 Å². The Kier molecular flexibility index (Phi) is 11.9. The summed E-state index contributed by atoms with van der Waals surface area (Å²) in [5.74, 6) is 3.25. The molecule has 0 spiro atoms. The van der Waals surface area contributed by atoms with Gasteiger partial charge in [-0.15, -0.1) is 11.3 Å². The zero-order valence-corrected chi connectivity index (χ0v) is 31.8. The number of ether oxygens (including phenoxy) is 1. The number of ketones is 1. The van der Waals surface area contributed by atoms with Gasteiger partial charge < -0.3 is 10.1 Å².